The highest BCUT2D eigenvalue weighted by Gasteiger charge is 2.51. The molecule has 1 aliphatic heterocycles. The highest BCUT2D eigenvalue weighted by Crippen LogP contribution is 2.44. The maximum atomic E-state index is 6.28. The molecule has 0 N–H and O–H groups in total. The molecule has 3 fully saturated rings. The van der Waals surface area contributed by atoms with Gasteiger partial charge in [-0.1, -0.05) is 12.1 Å². The normalized spacial score (nSPS) is 31.5. The van der Waals surface area contributed by atoms with E-state index in [9.17, 15) is 0 Å². The first-order chi connectivity index (χ1) is 13.2. The van der Waals surface area contributed by atoms with Gasteiger partial charge in [-0.05, 0) is 67.5 Å². The summed E-state index contributed by atoms with van der Waals surface area (Å²) in [5.74, 6) is 0.843. The van der Waals surface area contributed by atoms with E-state index in [4.69, 9.17) is 9.47 Å². The van der Waals surface area contributed by atoms with Gasteiger partial charge in [0, 0.05) is 51.6 Å². The molecule has 1 aromatic carbocycles. The Bertz CT molecular complexity index is 812. The fourth-order valence-electron chi connectivity index (χ4n) is 5.29. The third-order valence-corrected chi connectivity index (χ3v) is 7.26. The summed E-state index contributed by atoms with van der Waals surface area (Å²) in [7, 11) is 4.04. The van der Waals surface area contributed by atoms with Gasteiger partial charge in [-0.25, -0.2) is 0 Å². The predicted octanol–water partition coefficient (Wildman–Crippen LogP) is 4.12. The third kappa shape index (κ3) is 3.32. The van der Waals surface area contributed by atoms with Crippen LogP contribution in [0.2, 0.25) is 0 Å². The second kappa shape index (κ2) is 6.91. The number of rotatable bonds is 6. The van der Waals surface area contributed by atoms with E-state index in [1.165, 1.54) is 29.3 Å². The first-order valence-electron chi connectivity index (χ1n) is 10.6. The van der Waals surface area contributed by atoms with Crippen LogP contribution in [-0.4, -0.2) is 47.5 Å². The summed E-state index contributed by atoms with van der Waals surface area (Å²) >= 11 is 0. The van der Waals surface area contributed by atoms with Gasteiger partial charge in [0.1, 0.15) is 0 Å². The Morgan fingerprint density at radius 3 is 2.85 bits per heavy atom. The highest BCUT2D eigenvalue weighted by molar-refractivity contribution is 5.80. The number of likely N-dealkylation sites (tertiary alicyclic amines) is 1. The summed E-state index contributed by atoms with van der Waals surface area (Å²) in [6.07, 6.45) is 9.84. The van der Waals surface area contributed by atoms with E-state index in [1.54, 1.807) is 0 Å². The number of aromatic nitrogens is 1. The van der Waals surface area contributed by atoms with Crippen molar-refractivity contribution in [2.75, 3.05) is 20.3 Å². The Kier molecular flexibility index (Phi) is 4.53. The molecule has 0 unspecified atom stereocenters. The molecule has 4 nitrogen and oxygen atoms in total. The molecule has 1 aromatic heterocycles. The van der Waals surface area contributed by atoms with Crippen molar-refractivity contribution in [3.63, 3.8) is 0 Å². The monoisotopic (exact) mass is 368 g/mol. The molecule has 2 heterocycles. The lowest BCUT2D eigenvalue weighted by Gasteiger charge is -2.43. The molecule has 0 radical (unpaired) electrons. The van der Waals surface area contributed by atoms with Gasteiger partial charge in [-0.3, -0.25) is 4.90 Å². The van der Waals surface area contributed by atoms with Crippen molar-refractivity contribution >= 4 is 10.9 Å². The second-order valence-electron chi connectivity index (χ2n) is 9.00. The number of hydrogen-bond acceptors (Lipinski definition) is 3. The van der Waals surface area contributed by atoms with Crippen LogP contribution < -0.4 is 0 Å². The Labute approximate surface area is 162 Å². The summed E-state index contributed by atoms with van der Waals surface area (Å²) in [5.41, 5.74) is 2.75. The van der Waals surface area contributed by atoms with Gasteiger partial charge in [0.25, 0.3) is 0 Å². The average Bonchev–Trinajstić information content (AvgIpc) is 3.37. The van der Waals surface area contributed by atoms with Gasteiger partial charge in [-0.2, -0.15) is 0 Å². The Morgan fingerprint density at radius 2 is 2.04 bits per heavy atom. The van der Waals surface area contributed by atoms with Gasteiger partial charge < -0.3 is 14.0 Å². The first kappa shape index (κ1) is 17.7. The van der Waals surface area contributed by atoms with Crippen molar-refractivity contribution in [2.24, 2.45) is 13.0 Å². The summed E-state index contributed by atoms with van der Waals surface area (Å²) in [5, 5.41) is 1.32. The average molecular weight is 369 g/mol. The summed E-state index contributed by atoms with van der Waals surface area (Å²) in [4.78, 5) is 2.65. The predicted molar refractivity (Wildman–Crippen MR) is 108 cm³/mol. The number of hydrogen-bond donors (Lipinski definition) is 0. The molecule has 4 heteroatoms. The fourth-order valence-corrected chi connectivity index (χ4v) is 5.29. The lowest BCUT2D eigenvalue weighted by Crippen LogP contribution is -2.51. The SMILES string of the molecule is CO[C@@]12CC[C@H](OCC3CC3)C[C@@H]1N(Cc1ccc3ccn(C)c3c1)CC2. The molecule has 2 aliphatic carbocycles. The Morgan fingerprint density at radius 1 is 1.15 bits per heavy atom. The number of ether oxygens (including phenoxy) is 2. The van der Waals surface area contributed by atoms with Crippen LogP contribution in [0.3, 0.4) is 0 Å². The summed E-state index contributed by atoms with van der Waals surface area (Å²) < 4.78 is 14.6. The van der Waals surface area contributed by atoms with Crippen LogP contribution in [0.1, 0.15) is 44.1 Å². The van der Waals surface area contributed by atoms with Crippen molar-refractivity contribution < 1.29 is 9.47 Å². The Balaban J connectivity index is 1.32. The smallest absolute Gasteiger partial charge is 0.0847 e. The number of methoxy groups -OCH3 is 1. The van der Waals surface area contributed by atoms with E-state index in [1.807, 2.05) is 7.11 Å². The van der Waals surface area contributed by atoms with Gasteiger partial charge in [0.15, 0.2) is 0 Å². The van der Waals surface area contributed by atoms with Crippen molar-refractivity contribution in [1.29, 1.82) is 0 Å². The zero-order valence-electron chi connectivity index (χ0n) is 16.7. The van der Waals surface area contributed by atoms with E-state index in [-0.39, 0.29) is 5.60 Å². The maximum Gasteiger partial charge on any atom is 0.0847 e. The number of fused-ring (bicyclic) bond motifs is 2. The zero-order chi connectivity index (χ0) is 18.4. The fraction of sp³-hybridized carbons (Fsp3) is 0.652. The first-order valence-corrected chi connectivity index (χ1v) is 10.6. The number of aryl methyl sites for hydroxylation is 1. The molecule has 3 aliphatic rings. The number of nitrogens with zero attached hydrogens (tertiary/aromatic N) is 2. The van der Waals surface area contributed by atoms with Gasteiger partial charge in [0.2, 0.25) is 0 Å². The van der Waals surface area contributed by atoms with Gasteiger partial charge in [0.05, 0.1) is 11.7 Å². The van der Waals surface area contributed by atoms with Crippen LogP contribution in [0.15, 0.2) is 30.5 Å². The quantitative estimate of drug-likeness (QED) is 0.767. The van der Waals surface area contributed by atoms with Crippen LogP contribution in [-0.2, 0) is 23.1 Å². The standard InChI is InChI=1S/C23H32N2O2/c1-24-11-8-19-6-5-18(13-21(19)24)15-25-12-10-23(26-2)9-7-20(14-22(23)25)27-16-17-3-4-17/h5-6,8,11,13,17,20,22H,3-4,7,9-10,12,14-16H2,1-2H3/t20-,22-,23+/m0/s1. The minimum Gasteiger partial charge on any atom is -0.378 e. The molecule has 0 bridgehead atoms. The minimum absolute atomic E-state index is 0.0362. The minimum atomic E-state index is 0.0362. The van der Waals surface area contributed by atoms with E-state index in [0.29, 0.717) is 12.1 Å². The topological polar surface area (TPSA) is 26.6 Å². The van der Waals surface area contributed by atoms with Gasteiger partial charge >= 0.3 is 0 Å². The molecule has 146 valence electrons. The van der Waals surface area contributed by atoms with E-state index in [2.05, 4.69) is 47.0 Å². The van der Waals surface area contributed by atoms with E-state index in [0.717, 1.165) is 51.3 Å². The van der Waals surface area contributed by atoms with Gasteiger partial charge in [-0.15, -0.1) is 0 Å². The van der Waals surface area contributed by atoms with Crippen LogP contribution in [0.25, 0.3) is 10.9 Å². The number of benzene rings is 1. The second-order valence-corrected chi connectivity index (χ2v) is 9.00. The van der Waals surface area contributed by atoms with Crippen molar-refractivity contribution in [2.45, 2.75) is 62.8 Å². The lowest BCUT2D eigenvalue weighted by atomic mass is 9.79. The summed E-state index contributed by atoms with van der Waals surface area (Å²) in [6.45, 7) is 3.10. The molecule has 0 spiro atoms. The van der Waals surface area contributed by atoms with Crippen LogP contribution in [0, 0.1) is 5.92 Å². The van der Waals surface area contributed by atoms with E-state index >= 15 is 0 Å². The van der Waals surface area contributed by atoms with Crippen LogP contribution >= 0.6 is 0 Å². The third-order valence-electron chi connectivity index (χ3n) is 7.26. The molecular formula is C23H32N2O2. The summed E-state index contributed by atoms with van der Waals surface area (Å²) in [6, 6.07) is 9.57. The maximum absolute atomic E-state index is 6.28. The molecule has 3 atom stereocenters. The molecule has 5 rings (SSSR count). The molecule has 0 amide bonds. The molecular weight excluding hydrogens is 336 g/mol. The van der Waals surface area contributed by atoms with Crippen molar-refractivity contribution in [1.82, 2.24) is 9.47 Å². The van der Waals surface area contributed by atoms with Crippen molar-refractivity contribution in [3.8, 4) is 0 Å². The molecule has 27 heavy (non-hydrogen) atoms. The molecule has 2 saturated carbocycles. The highest BCUT2D eigenvalue weighted by atomic mass is 16.5. The molecule has 1 saturated heterocycles. The molecule has 2 aromatic rings. The van der Waals surface area contributed by atoms with Crippen molar-refractivity contribution in [3.05, 3.63) is 36.0 Å². The largest absolute Gasteiger partial charge is 0.378 e. The van der Waals surface area contributed by atoms with Crippen LogP contribution in [0.5, 0.6) is 0 Å². The lowest BCUT2D eigenvalue weighted by molar-refractivity contribution is -0.103. The van der Waals surface area contributed by atoms with E-state index < -0.39 is 0 Å². The Hall–Kier alpha value is -1.36. The van der Waals surface area contributed by atoms with Crippen LogP contribution in [0.4, 0.5) is 0 Å². The zero-order valence-corrected chi connectivity index (χ0v) is 16.7.